The fourth-order valence-electron chi connectivity index (χ4n) is 3.77. The third-order valence-corrected chi connectivity index (χ3v) is 6.51. The molecule has 0 bridgehead atoms. The molecule has 0 N–H and O–H groups in total. The molecular formula is C26H33O7P. The van der Waals surface area contributed by atoms with Gasteiger partial charge in [0.1, 0.15) is 34.1 Å². The van der Waals surface area contributed by atoms with Crippen LogP contribution in [0.1, 0.15) is 62.3 Å². The Kier molecular flexibility index (Phi) is 10.1. The van der Waals surface area contributed by atoms with Gasteiger partial charge in [0, 0.05) is 0 Å². The minimum absolute atomic E-state index is 0.0865. The average Bonchev–Trinajstić information content (AvgIpc) is 2.80. The van der Waals surface area contributed by atoms with Crippen molar-refractivity contribution in [3.05, 3.63) is 47.5 Å². The number of rotatable bonds is 14. The fourth-order valence-corrected chi connectivity index (χ4v) is 4.37. The molecule has 8 heteroatoms. The van der Waals surface area contributed by atoms with Crippen LogP contribution in [0.5, 0.6) is 23.0 Å². The monoisotopic (exact) mass is 488 g/mol. The van der Waals surface area contributed by atoms with Crippen LogP contribution in [0.4, 0.5) is 0 Å². The molecule has 2 rings (SSSR count). The summed E-state index contributed by atoms with van der Waals surface area (Å²) >= 11 is 0. The van der Waals surface area contributed by atoms with Crippen LogP contribution in [0.25, 0.3) is 0 Å². The summed E-state index contributed by atoms with van der Waals surface area (Å²) in [6.45, 7) is 11.8. The molecule has 0 aromatic heterocycles. The van der Waals surface area contributed by atoms with E-state index in [4.69, 9.17) is 18.9 Å². The zero-order valence-electron chi connectivity index (χ0n) is 20.7. The molecule has 0 aliphatic rings. The van der Waals surface area contributed by atoms with E-state index in [1.54, 1.807) is 77.9 Å². The lowest BCUT2D eigenvalue weighted by Gasteiger charge is -2.30. The van der Waals surface area contributed by atoms with E-state index in [9.17, 15) is 14.2 Å². The topological polar surface area (TPSA) is 88.1 Å². The van der Waals surface area contributed by atoms with Crippen molar-refractivity contribution in [1.82, 2.24) is 0 Å². The van der Waals surface area contributed by atoms with Gasteiger partial charge in [-0.25, -0.2) is 0 Å². The first-order valence-electron chi connectivity index (χ1n) is 11.5. The predicted octanol–water partition coefficient (Wildman–Crippen LogP) is 6.03. The van der Waals surface area contributed by atoms with E-state index in [1.165, 1.54) is 0 Å². The van der Waals surface area contributed by atoms with Crippen LogP contribution in [0.2, 0.25) is 0 Å². The second-order valence-electron chi connectivity index (χ2n) is 7.66. The van der Waals surface area contributed by atoms with Crippen molar-refractivity contribution in [2.75, 3.05) is 26.4 Å². The van der Waals surface area contributed by atoms with Gasteiger partial charge in [-0.15, -0.1) is 0 Å². The van der Waals surface area contributed by atoms with Crippen molar-refractivity contribution < 1.29 is 33.1 Å². The molecular weight excluding hydrogens is 455 g/mol. The van der Waals surface area contributed by atoms with Gasteiger partial charge in [-0.2, -0.15) is 0 Å². The highest BCUT2D eigenvalue weighted by atomic mass is 31.1. The third-order valence-electron chi connectivity index (χ3n) is 5.30. The Morgan fingerprint density at radius 2 is 1.00 bits per heavy atom. The van der Waals surface area contributed by atoms with Crippen LogP contribution in [0, 0.1) is 5.92 Å². The summed E-state index contributed by atoms with van der Waals surface area (Å²) < 4.78 is 35.7. The van der Waals surface area contributed by atoms with Crippen molar-refractivity contribution >= 4 is 20.0 Å². The number of ketones is 2. The Labute approximate surface area is 202 Å². The van der Waals surface area contributed by atoms with Gasteiger partial charge < -0.3 is 18.9 Å². The van der Waals surface area contributed by atoms with E-state index in [0.29, 0.717) is 26.4 Å². The fraction of sp³-hybridized carbons (Fsp3) is 0.462. The molecule has 184 valence electrons. The molecule has 0 amide bonds. The highest BCUT2D eigenvalue weighted by molar-refractivity contribution is 7.30. The molecule has 7 nitrogen and oxygen atoms in total. The van der Waals surface area contributed by atoms with Crippen LogP contribution in [0.15, 0.2) is 36.4 Å². The van der Waals surface area contributed by atoms with Crippen LogP contribution in [-0.4, -0.2) is 43.2 Å². The zero-order chi connectivity index (χ0) is 25.3. The smallest absolute Gasteiger partial charge is 0.196 e. The van der Waals surface area contributed by atoms with Crippen molar-refractivity contribution in [2.45, 2.75) is 46.7 Å². The molecule has 0 saturated heterocycles. The molecule has 2 aromatic rings. The summed E-state index contributed by atoms with van der Waals surface area (Å²) in [5.41, 5.74) is 0.173. The molecule has 0 aliphatic carbocycles. The summed E-state index contributed by atoms with van der Waals surface area (Å²) in [4.78, 5) is 28.4. The lowest BCUT2D eigenvalue weighted by molar-refractivity contribution is 0.0791. The summed E-state index contributed by atoms with van der Waals surface area (Å²) in [6, 6.07) is 9.95. The second kappa shape index (κ2) is 12.5. The lowest BCUT2D eigenvalue weighted by Crippen LogP contribution is -2.46. The number of benzene rings is 2. The first-order valence-corrected chi connectivity index (χ1v) is 12.4. The summed E-state index contributed by atoms with van der Waals surface area (Å²) in [7, 11) is -0.650. The molecule has 0 heterocycles. The molecule has 2 aromatic carbocycles. The van der Waals surface area contributed by atoms with Gasteiger partial charge in [0.15, 0.2) is 25.2 Å². The van der Waals surface area contributed by atoms with Crippen LogP contribution >= 0.6 is 8.46 Å². The Morgan fingerprint density at radius 1 is 0.706 bits per heavy atom. The van der Waals surface area contributed by atoms with Crippen LogP contribution in [0.3, 0.4) is 0 Å². The maximum Gasteiger partial charge on any atom is 0.196 e. The summed E-state index contributed by atoms with van der Waals surface area (Å²) in [5, 5.41) is -1.96. The van der Waals surface area contributed by atoms with E-state index < -0.39 is 31.1 Å². The molecule has 0 spiro atoms. The maximum atomic E-state index is 14.2. The van der Waals surface area contributed by atoms with Crippen molar-refractivity contribution in [1.29, 1.82) is 0 Å². The number of hydrogen-bond donors (Lipinski definition) is 0. The lowest BCUT2D eigenvalue weighted by atomic mass is 9.80. The summed E-state index contributed by atoms with van der Waals surface area (Å²) in [5.74, 6) is -0.868. The SMILES string of the molecule is CCOc1cccc(OCC)c1C(=O)C(P=O)(C(=O)c1c(OCC)cccc1OCC)C(C)C. The van der Waals surface area contributed by atoms with Crippen molar-refractivity contribution in [3.8, 4) is 23.0 Å². The Morgan fingerprint density at radius 3 is 1.21 bits per heavy atom. The van der Waals surface area contributed by atoms with E-state index >= 15 is 0 Å². The van der Waals surface area contributed by atoms with E-state index in [-0.39, 0.29) is 34.1 Å². The van der Waals surface area contributed by atoms with Crippen LogP contribution in [-0.2, 0) is 4.57 Å². The van der Waals surface area contributed by atoms with Crippen LogP contribution < -0.4 is 18.9 Å². The molecule has 0 radical (unpaired) electrons. The highest BCUT2D eigenvalue weighted by Crippen LogP contribution is 2.45. The van der Waals surface area contributed by atoms with Gasteiger partial charge in [0.2, 0.25) is 0 Å². The highest BCUT2D eigenvalue weighted by Gasteiger charge is 2.53. The quantitative estimate of drug-likeness (QED) is 0.182. The number of Topliss-reactive ketones (excluding diaryl/α,β-unsaturated/α-hetero) is 2. The zero-order valence-corrected chi connectivity index (χ0v) is 21.6. The van der Waals surface area contributed by atoms with Crippen molar-refractivity contribution in [2.24, 2.45) is 5.92 Å². The molecule has 0 saturated carbocycles. The molecule has 0 atom stereocenters. The number of carbonyl (C=O) groups excluding carboxylic acids is 2. The first-order chi connectivity index (χ1) is 16.3. The Hall–Kier alpha value is -2.92. The molecule has 0 aliphatic heterocycles. The van der Waals surface area contributed by atoms with Gasteiger partial charge in [0.05, 0.1) is 26.4 Å². The van der Waals surface area contributed by atoms with Gasteiger partial charge in [-0.1, -0.05) is 26.0 Å². The number of ether oxygens (including phenoxy) is 4. The first kappa shape index (κ1) is 27.3. The maximum absolute atomic E-state index is 14.2. The largest absolute Gasteiger partial charge is 0.493 e. The third kappa shape index (κ3) is 5.25. The minimum Gasteiger partial charge on any atom is -0.493 e. The molecule has 34 heavy (non-hydrogen) atoms. The van der Waals surface area contributed by atoms with E-state index in [2.05, 4.69) is 0 Å². The Bertz CT molecular complexity index is 896. The predicted molar refractivity (Wildman–Crippen MR) is 131 cm³/mol. The van der Waals surface area contributed by atoms with Gasteiger partial charge in [0.25, 0.3) is 0 Å². The van der Waals surface area contributed by atoms with Gasteiger partial charge in [-0.05, 0) is 57.9 Å². The van der Waals surface area contributed by atoms with E-state index in [1.807, 2.05) is 0 Å². The van der Waals surface area contributed by atoms with Crippen molar-refractivity contribution in [3.63, 3.8) is 0 Å². The molecule has 0 fully saturated rings. The Balaban J connectivity index is 2.83. The summed E-state index contributed by atoms with van der Waals surface area (Å²) in [6.07, 6.45) is 0. The van der Waals surface area contributed by atoms with E-state index in [0.717, 1.165) is 0 Å². The number of hydrogen-bond acceptors (Lipinski definition) is 7. The van der Waals surface area contributed by atoms with Gasteiger partial charge >= 0.3 is 0 Å². The second-order valence-corrected chi connectivity index (χ2v) is 8.55. The average molecular weight is 489 g/mol. The number of carbonyl (C=O) groups is 2. The minimum atomic E-state index is -1.96. The molecule has 0 unspecified atom stereocenters. The normalized spacial score (nSPS) is 11.4. The standard InChI is InChI=1S/C26H33O7P/c1-7-30-18-13-11-14-19(31-8-2)22(18)24(27)26(34-29,17(5)6)25(28)23-20(32-9-3)15-12-16-21(23)33-10-4/h11-17H,7-10H2,1-6H3. The van der Waals surface area contributed by atoms with Gasteiger partial charge in [-0.3, -0.25) is 14.2 Å².